The van der Waals surface area contributed by atoms with E-state index < -0.39 is 6.10 Å². The van der Waals surface area contributed by atoms with Crippen LogP contribution in [0.5, 0.6) is 5.75 Å². The van der Waals surface area contributed by atoms with E-state index in [1.54, 1.807) is 6.92 Å². The average molecular weight is 300 g/mol. The smallest absolute Gasteiger partial charge is 0.119 e. The summed E-state index contributed by atoms with van der Waals surface area (Å²) in [5.74, 6) is 0.807. The Labute approximate surface area is 110 Å². The van der Waals surface area contributed by atoms with Crippen molar-refractivity contribution in [3.63, 3.8) is 0 Å². The Morgan fingerprint density at radius 2 is 2.29 bits per heavy atom. The minimum absolute atomic E-state index is 0.330. The lowest BCUT2D eigenvalue weighted by Crippen LogP contribution is -2.16. The van der Waals surface area contributed by atoms with Crippen LogP contribution in [0, 0.1) is 0 Å². The van der Waals surface area contributed by atoms with Gasteiger partial charge in [-0.25, -0.2) is 0 Å². The molecule has 1 saturated carbocycles. The van der Waals surface area contributed by atoms with Crippen molar-refractivity contribution in [3.05, 3.63) is 28.2 Å². The van der Waals surface area contributed by atoms with Gasteiger partial charge in [-0.15, -0.1) is 0 Å². The van der Waals surface area contributed by atoms with Crippen LogP contribution in [0.2, 0.25) is 0 Å². The molecule has 1 aliphatic carbocycles. The number of halogens is 1. The number of nitrogens with one attached hydrogen (secondary N) is 1. The van der Waals surface area contributed by atoms with Gasteiger partial charge in [0, 0.05) is 17.1 Å². The molecular formula is C13H18BrNO2. The molecule has 0 spiro atoms. The van der Waals surface area contributed by atoms with E-state index in [-0.39, 0.29) is 0 Å². The number of rotatable bonds is 6. The first-order valence-corrected chi connectivity index (χ1v) is 6.77. The Hall–Kier alpha value is -0.580. The maximum atomic E-state index is 9.18. The van der Waals surface area contributed by atoms with Gasteiger partial charge in [0.1, 0.15) is 12.4 Å². The van der Waals surface area contributed by atoms with Gasteiger partial charge in [-0.3, -0.25) is 0 Å². The summed E-state index contributed by atoms with van der Waals surface area (Å²) in [5, 5.41) is 12.6. The largest absolute Gasteiger partial charge is 0.491 e. The van der Waals surface area contributed by atoms with Crippen LogP contribution in [0.4, 0.5) is 0 Å². The first-order chi connectivity index (χ1) is 8.15. The van der Waals surface area contributed by atoms with E-state index in [0.717, 1.165) is 16.8 Å². The highest BCUT2D eigenvalue weighted by molar-refractivity contribution is 9.10. The summed E-state index contributed by atoms with van der Waals surface area (Å²) in [6.45, 7) is 2.91. The number of aliphatic hydroxyl groups is 1. The van der Waals surface area contributed by atoms with E-state index in [4.69, 9.17) is 4.74 Å². The second-order valence-corrected chi connectivity index (χ2v) is 5.42. The second-order valence-electron chi connectivity index (χ2n) is 4.57. The monoisotopic (exact) mass is 299 g/mol. The number of aliphatic hydroxyl groups excluding tert-OH is 1. The third-order valence-corrected chi connectivity index (χ3v) is 3.44. The summed E-state index contributed by atoms with van der Waals surface area (Å²) in [6, 6.07) is 6.61. The zero-order valence-corrected chi connectivity index (χ0v) is 11.5. The predicted octanol–water partition coefficient (Wildman–Crippen LogP) is 2.46. The molecule has 1 atom stereocenters. The fourth-order valence-electron chi connectivity index (χ4n) is 1.53. The summed E-state index contributed by atoms with van der Waals surface area (Å²) >= 11 is 3.54. The molecule has 1 aliphatic rings. The van der Waals surface area contributed by atoms with Gasteiger partial charge < -0.3 is 15.2 Å². The Balaban J connectivity index is 1.94. The molecule has 4 heteroatoms. The van der Waals surface area contributed by atoms with Gasteiger partial charge in [-0.2, -0.15) is 0 Å². The molecule has 0 aromatic heterocycles. The molecule has 0 radical (unpaired) electrons. The van der Waals surface area contributed by atoms with Crippen LogP contribution < -0.4 is 10.1 Å². The van der Waals surface area contributed by atoms with Gasteiger partial charge in [-0.1, -0.05) is 15.9 Å². The lowest BCUT2D eigenvalue weighted by atomic mass is 10.2. The van der Waals surface area contributed by atoms with E-state index in [2.05, 4.69) is 21.2 Å². The van der Waals surface area contributed by atoms with E-state index in [9.17, 15) is 5.11 Å². The Morgan fingerprint density at radius 3 is 2.94 bits per heavy atom. The first kappa shape index (κ1) is 12.9. The van der Waals surface area contributed by atoms with Crippen molar-refractivity contribution >= 4 is 15.9 Å². The molecule has 0 saturated heterocycles. The van der Waals surface area contributed by atoms with E-state index in [1.807, 2.05) is 18.2 Å². The van der Waals surface area contributed by atoms with E-state index >= 15 is 0 Å². The molecular weight excluding hydrogens is 282 g/mol. The van der Waals surface area contributed by atoms with Crippen molar-refractivity contribution < 1.29 is 9.84 Å². The summed E-state index contributed by atoms with van der Waals surface area (Å²) in [6.07, 6.45) is 2.14. The van der Waals surface area contributed by atoms with Crippen molar-refractivity contribution in [1.29, 1.82) is 0 Å². The summed E-state index contributed by atoms with van der Waals surface area (Å²) < 4.78 is 6.58. The van der Waals surface area contributed by atoms with Gasteiger partial charge in [0.05, 0.1) is 6.10 Å². The zero-order valence-electron chi connectivity index (χ0n) is 9.95. The topological polar surface area (TPSA) is 41.5 Å². The molecule has 1 aromatic carbocycles. The van der Waals surface area contributed by atoms with Gasteiger partial charge in [-0.05, 0) is 43.5 Å². The Morgan fingerprint density at radius 1 is 1.53 bits per heavy atom. The van der Waals surface area contributed by atoms with Crippen molar-refractivity contribution in [2.45, 2.75) is 38.5 Å². The maximum Gasteiger partial charge on any atom is 0.119 e. The summed E-state index contributed by atoms with van der Waals surface area (Å²) in [5.41, 5.74) is 1.19. The third-order valence-electron chi connectivity index (χ3n) is 2.67. The SMILES string of the molecule is CC(O)COc1ccc(Br)c(CNC2CC2)c1. The predicted molar refractivity (Wildman–Crippen MR) is 71.2 cm³/mol. The highest BCUT2D eigenvalue weighted by Gasteiger charge is 2.20. The van der Waals surface area contributed by atoms with Gasteiger partial charge in [0.2, 0.25) is 0 Å². The minimum Gasteiger partial charge on any atom is -0.491 e. The molecule has 3 nitrogen and oxygen atoms in total. The summed E-state index contributed by atoms with van der Waals surface area (Å²) in [7, 11) is 0. The van der Waals surface area contributed by atoms with Crippen molar-refractivity contribution in [2.24, 2.45) is 0 Å². The Bertz CT molecular complexity index is 378. The lowest BCUT2D eigenvalue weighted by Gasteiger charge is -2.11. The number of hydrogen-bond donors (Lipinski definition) is 2. The van der Waals surface area contributed by atoms with Crippen LogP contribution in [-0.4, -0.2) is 23.9 Å². The number of benzene rings is 1. The molecule has 17 heavy (non-hydrogen) atoms. The van der Waals surface area contributed by atoms with Crippen LogP contribution in [0.15, 0.2) is 22.7 Å². The molecule has 1 aromatic rings. The van der Waals surface area contributed by atoms with E-state index in [1.165, 1.54) is 18.4 Å². The van der Waals surface area contributed by atoms with Crippen LogP contribution >= 0.6 is 15.9 Å². The molecule has 2 rings (SSSR count). The summed E-state index contributed by atoms with van der Waals surface area (Å²) in [4.78, 5) is 0. The molecule has 2 N–H and O–H groups in total. The first-order valence-electron chi connectivity index (χ1n) is 5.98. The number of ether oxygens (including phenoxy) is 1. The molecule has 1 unspecified atom stereocenters. The highest BCUT2D eigenvalue weighted by atomic mass is 79.9. The molecule has 0 heterocycles. The molecule has 0 amide bonds. The van der Waals surface area contributed by atoms with Crippen LogP contribution in [0.25, 0.3) is 0 Å². The normalized spacial score (nSPS) is 16.9. The Kier molecular flexibility index (Phi) is 4.42. The standard InChI is InChI=1S/C13H18BrNO2/c1-9(16)8-17-12-4-5-13(14)10(6-12)7-15-11-2-3-11/h4-6,9,11,15-16H,2-3,7-8H2,1H3. The molecule has 1 fully saturated rings. The van der Waals surface area contributed by atoms with Gasteiger partial charge in [0.25, 0.3) is 0 Å². The quantitative estimate of drug-likeness (QED) is 0.848. The van der Waals surface area contributed by atoms with Crippen molar-refractivity contribution in [3.8, 4) is 5.75 Å². The fraction of sp³-hybridized carbons (Fsp3) is 0.538. The second kappa shape index (κ2) is 5.85. The third kappa shape index (κ3) is 4.30. The number of hydrogen-bond acceptors (Lipinski definition) is 3. The van der Waals surface area contributed by atoms with Crippen molar-refractivity contribution in [2.75, 3.05) is 6.61 Å². The zero-order chi connectivity index (χ0) is 12.3. The molecule has 0 aliphatic heterocycles. The van der Waals surface area contributed by atoms with Crippen molar-refractivity contribution in [1.82, 2.24) is 5.32 Å². The van der Waals surface area contributed by atoms with E-state index in [0.29, 0.717) is 12.6 Å². The van der Waals surface area contributed by atoms with Gasteiger partial charge >= 0.3 is 0 Å². The molecule has 0 bridgehead atoms. The maximum absolute atomic E-state index is 9.18. The van der Waals surface area contributed by atoms with Crippen LogP contribution in [0.1, 0.15) is 25.3 Å². The van der Waals surface area contributed by atoms with Crippen LogP contribution in [0.3, 0.4) is 0 Å². The minimum atomic E-state index is -0.438. The molecule has 94 valence electrons. The van der Waals surface area contributed by atoms with Crippen LogP contribution in [-0.2, 0) is 6.54 Å². The van der Waals surface area contributed by atoms with Gasteiger partial charge in [0.15, 0.2) is 0 Å². The highest BCUT2D eigenvalue weighted by Crippen LogP contribution is 2.25. The fourth-order valence-corrected chi connectivity index (χ4v) is 1.92. The lowest BCUT2D eigenvalue weighted by molar-refractivity contribution is 0.122. The average Bonchev–Trinajstić information content (AvgIpc) is 3.10.